The molecule has 0 aromatic rings. The molecule has 1 aliphatic carbocycles. The molecule has 1 heterocycles. The first kappa shape index (κ1) is 14.8. The number of nitrogens with two attached hydrogens (primary N) is 1. The number of nitrogens with zero attached hydrogens (tertiary/aromatic N) is 1. The Hall–Kier alpha value is -0.610. The van der Waals surface area contributed by atoms with Gasteiger partial charge >= 0.3 is 5.97 Å². The lowest BCUT2D eigenvalue weighted by molar-refractivity contribution is -0.148. The largest absolute Gasteiger partial charge is 0.469 e. The van der Waals surface area contributed by atoms with Crippen LogP contribution in [0.2, 0.25) is 0 Å². The van der Waals surface area contributed by atoms with Crippen molar-refractivity contribution in [2.45, 2.75) is 45.1 Å². The molecule has 2 fully saturated rings. The SMILES string of the molecule is COC(=O)C1CCCN(C2CC(C)CCC2CN)C1. The lowest BCUT2D eigenvalue weighted by atomic mass is 9.77. The highest BCUT2D eigenvalue weighted by Gasteiger charge is 2.36. The van der Waals surface area contributed by atoms with Gasteiger partial charge in [0, 0.05) is 12.6 Å². The number of carbonyl (C=O) groups is 1. The molecule has 1 saturated heterocycles. The van der Waals surface area contributed by atoms with E-state index in [0.717, 1.165) is 38.4 Å². The van der Waals surface area contributed by atoms with Crippen LogP contribution >= 0.6 is 0 Å². The van der Waals surface area contributed by atoms with Gasteiger partial charge in [-0.25, -0.2) is 0 Å². The second kappa shape index (κ2) is 6.71. The zero-order valence-electron chi connectivity index (χ0n) is 12.3. The number of methoxy groups -OCH3 is 1. The van der Waals surface area contributed by atoms with Gasteiger partial charge in [0.2, 0.25) is 0 Å². The number of likely N-dealkylation sites (tertiary alicyclic amines) is 1. The van der Waals surface area contributed by atoms with Crippen molar-refractivity contribution < 1.29 is 9.53 Å². The van der Waals surface area contributed by atoms with E-state index in [2.05, 4.69) is 11.8 Å². The van der Waals surface area contributed by atoms with Gasteiger partial charge in [0.15, 0.2) is 0 Å². The molecule has 1 saturated carbocycles. The van der Waals surface area contributed by atoms with Crippen LogP contribution in [0.25, 0.3) is 0 Å². The third-order valence-electron chi connectivity index (χ3n) is 4.98. The normalized spacial score (nSPS) is 37.0. The predicted molar refractivity (Wildman–Crippen MR) is 75.7 cm³/mol. The van der Waals surface area contributed by atoms with Crippen molar-refractivity contribution in [2.75, 3.05) is 26.7 Å². The molecule has 1 aliphatic heterocycles. The Morgan fingerprint density at radius 3 is 2.84 bits per heavy atom. The summed E-state index contributed by atoms with van der Waals surface area (Å²) >= 11 is 0. The van der Waals surface area contributed by atoms with Gasteiger partial charge in [0.1, 0.15) is 0 Å². The van der Waals surface area contributed by atoms with Gasteiger partial charge in [-0.15, -0.1) is 0 Å². The summed E-state index contributed by atoms with van der Waals surface area (Å²) in [5, 5.41) is 0. The van der Waals surface area contributed by atoms with E-state index in [9.17, 15) is 4.79 Å². The second-order valence-corrected chi connectivity index (χ2v) is 6.34. The van der Waals surface area contributed by atoms with Crippen LogP contribution in [0.3, 0.4) is 0 Å². The van der Waals surface area contributed by atoms with E-state index < -0.39 is 0 Å². The van der Waals surface area contributed by atoms with E-state index in [4.69, 9.17) is 10.5 Å². The van der Waals surface area contributed by atoms with E-state index in [1.165, 1.54) is 26.4 Å². The van der Waals surface area contributed by atoms with Crippen LogP contribution in [-0.2, 0) is 9.53 Å². The molecule has 0 aromatic heterocycles. The van der Waals surface area contributed by atoms with Crippen molar-refractivity contribution in [1.29, 1.82) is 0 Å². The smallest absolute Gasteiger partial charge is 0.309 e. The van der Waals surface area contributed by atoms with Gasteiger partial charge in [-0.05, 0) is 50.6 Å². The maximum absolute atomic E-state index is 11.7. The van der Waals surface area contributed by atoms with Crippen molar-refractivity contribution in [3.05, 3.63) is 0 Å². The fourth-order valence-electron chi connectivity index (χ4n) is 3.80. The average Bonchev–Trinajstić information content (AvgIpc) is 2.46. The maximum atomic E-state index is 11.7. The average molecular weight is 268 g/mol. The molecule has 0 amide bonds. The monoisotopic (exact) mass is 268 g/mol. The molecule has 0 radical (unpaired) electrons. The van der Waals surface area contributed by atoms with Gasteiger partial charge in [-0.3, -0.25) is 9.69 Å². The Bertz CT molecular complexity index is 309. The topological polar surface area (TPSA) is 55.6 Å². The fourth-order valence-corrected chi connectivity index (χ4v) is 3.80. The molecule has 2 aliphatic rings. The quantitative estimate of drug-likeness (QED) is 0.791. The second-order valence-electron chi connectivity index (χ2n) is 6.34. The Labute approximate surface area is 116 Å². The summed E-state index contributed by atoms with van der Waals surface area (Å²) in [7, 11) is 1.49. The minimum atomic E-state index is -0.0437. The van der Waals surface area contributed by atoms with E-state index in [-0.39, 0.29) is 11.9 Å². The Balaban J connectivity index is 2.00. The van der Waals surface area contributed by atoms with Crippen LogP contribution in [0, 0.1) is 17.8 Å². The van der Waals surface area contributed by atoms with Crippen LogP contribution < -0.4 is 5.73 Å². The molecule has 4 unspecified atom stereocenters. The van der Waals surface area contributed by atoms with Gasteiger partial charge < -0.3 is 10.5 Å². The molecule has 110 valence electrons. The number of carbonyl (C=O) groups excluding carboxylic acids is 1. The van der Waals surface area contributed by atoms with Crippen LogP contribution in [-0.4, -0.2) is 43.7 Å². The molecule has 19 heavy (non-hydrogen) atoms. The summed E-state index contributed by atoms with van der Waals surface area (Å²) in [4.78, 5) is 14.2. The first-order valence-electron chi connectivity index (χ1n) is 7.67. The predicted octanol–water partition coefficient (Wildman–Crippen LogP) is 1.63. The van der Waals surface area contributed by atoms with E-state index in [1.54, 1.807) is 0 Å². The van der Waals surface area contributed by atoms with Crippen LogP contribution in [0.15, 0.2) is 0 Å². The molecule has 2 rings (SSSR count). The number of ether oxygens (including phenoxy) is 1. The number of hydrogen-bond acceptors (Lipinski definition) is 4. The molecule has 4 nitrogen and oxygen atoms in total. The molecule has 0 bridgehead atoms. The zero-order valence-corrected chi connectivity index (χ0v) is 12.3. The Morgan fingerprint density at radius 1 is 1.37 bits per heavy atom. The zero-order chi connectivity index (χ0) is 13.8. The standard InChI is InChI=1S/C15H28N2O2/c1-11-5-6-12(9-16)14(8-11)17-7-3-4-13(10-17)15(18)19-2/h11-14H,3-10,16H2,1-2H3. The molecular weight excluding hydrogens is 240 g/mol. The molecule has 0 aromatic carbocycles. The van der Waals surface area contributed by atoms with Crippen LogP contribution in [0.5, 0.6) is 0 Å². The summed E-state index contributed by atoms with van der Waals surface area (Å²) in [6.45, 7) is 5.08. The summed E-state index contributed by atoms with van der Waals surface area (Å²) in [6, 6.07) is 0.571. The highest BCUT2D eigenvalue weighted by atomic mass is 16.5. The summed E-state index contributed by atoms with van der Waals surface area (Å²) in [5.74, 6) is 1.41. The molecule has 4 atom stereocenters. The number of rotatable bonds is 3. The minimum absolute atomic E-state index is 0.0437. The van der Waals surface area contributed by atoms with Gasteiger partial charge in [-0.2, -0.15) is 0 Å². The van der Waals surface area contributed by atoms with Crippen molar-refractivity contribution in [1.82, 2.24) is 4.90 Å². The molecule has 0 spiro atoms. The molecular formula is C15H28N2O2. The Morgan fingerprint density at radius 2 is 2.16 bits per heavy atom. The van der Waals surface area contributed by atoms with Crippen molar-refractivity contribution in [2.24, 2.45) is 23.5 Å². The third kappa shape index (κ3) is 3.48. The highest BCUT2D eigenvalue weighted by Crippen LogP contribution is 2.34. The lowest BCUT2D eigenvalue weighted by Gasteiger charge is -2.44. The summed E-state index contributed by atoms with van der Waals surface area (Å²) in [6.07, 6.45) is 5.84. The number of hydrogen-bond donors (Lipinski definition) is 1. The molecule has 2 N–H and O–H groups in total. The summed E-state index contributed by atoms with van der Waals surface area (Å²) < 4.78 is 4.91. The number of piperidine rings is 1. The molecule has 4 heteroatoms. The van der Waals surface area contributed by atoms with Gasteiger partial charge in [0.25, 0.3) is 0 Å². The maximum Gasteiger partial charge on any atom is 0.309 e. The van der Waals surface area contributed by atoms with Crippen molar-refractivity contribution in [3.8, 4) is 0 Å². The lowest BCUT2D eigenvalue weighted by Crippen LogP contribution is -2.51. The fraction of sp³-hybridized carbons (Fsp3) is 0.933. The van der Waals surface area contributed by atoms with Crippen LogP contribution in [0.4, 0.5) is 0 Å². The van der Waals surface area contributed by atoms with Gasteiger partial charge in [0.05, 0.1) is 13.0 Å². The van der Waals surface area contributed by atoms with E-state index >= 15 is 0 Å². The van der Waals surface area contributed by atoms with Crippen molar-refractivity contribution >= 4 is 5.97 Å². The van der Waals surface area contributed by atoms with Gasteiger partial charge in [-0.1, -0.05) is 13.3 Å². The number of esters is 1. The third-order valence-corrected chi connectivity index (χ3v) is 4.98. The van der Waals surface area contributed by atoms with Crippen molar-refractivity contribution in [3.63, 3.8) is 0 Å². The summed E-state index contributed by atoms with van der Waals surface area (Å²) in [5.41, 5.74) is 5.95. The minimum Gasteiger partial charge on any atom is -0.469 e. The first-order valence-corrected chi connectivity index (χ1v) is 7.67. The van der Waals surface area contributed by atoms with E-state index in [0.29, 0.717) is 12.0 Å². The first-order chi connectivity index (χ1) is 9.15. The van der Waals surface area contributed by atoms with Crippen LogP contribution in [0.1, 0.15) is 39.0 Å². The Kier molecular flexibility index (Phi) is 5.22. The van der Waals surface area contributed by atoms with E-state index in [1.807, 2.05) is 0 Å². The highest BCUT2D eigenvalue weighted by molar-refractivity contribution is 5.72.